The van der Waals surface area contributed by atoms with Gasteiger partial charge >= 0.3 is 0 Å². The molecule has 1 saturated heterocycles. The molecule has 1 saturated carbocycles. The van der Waals surface area contributed by atoms with Gasteiger partial charge in [-0.3, -0.25) is 23.6 Å². The van der Waals surface area contributed by atoms with Crippen molar-refractivity contribution in [2.24, 2.45) is 0 Å². The molecule has 162 valence electrons. The third-order valence-corrected chi connectivity index (χ3v) is 6.83. The lowest BCUT2D eigenvalue weighted by atomic mass is 10.1. The van der Waals surface area contributed by atoms with E-state index in [1.54, 1.807) is 17.0 Å². The molecule has 1 unspecified atom stereocenters. The molecular weight excluding hydrogens is 390 g/mol. The number of para-hydroxylation sites is 1. The Hall–Kier alpha value is -2.80. The summed E-state index contributed by atoms with van der Waals surface area (Å²) >= 11 is 0. The minimum absolute atomic E-state index is 0.0186. The SMILES string of the molecule is Cc1cc(=O)n(CCN2CCCC2c2nc3ccccc3c(=O)n2C2CCCC2)cn1. The van der Waals surface area contributed by atoms with Crippen LogP contribution in [0.25, 0.3) is 10.9 Å². The fourth-order valence-electron chi connectivity index (χ4n) is 5.22. The molecule has 2 fully saturated rings. The van der Waals surface area contributed by atoms with Crippen molar-refractivity contribution in [3.8, 4) is 0 Å². The van der Waals surface area contributed by atoms with Crippen LogP contribution in [0.5, 0.6) is 0 Å². The molecule has 2 aromatic heterocycles. The number of hydrogen-bond acceptors (Lipinski definition) is 5. The van der Waals surface area contributed by atoms with Crippen LogP contribution >= 0.6 is 0 Å². The van der Waals surface area contributed by atoms with E-state index in [1.165, 1.54) is 12.8 Å². The fraction of sp³-hybridized carbons (Fsp3) is 0.500. The molecule has 31 heavy (non-hydrogen) atoms. The van der Waals surface area contributed by atoms with E-state index in [2.05, 4.69) is 9.88 Å². The predicted octanol–water partition coefficient (Wildman–Crippen LogP) is 3.21. The largest absolute Gasteiger partial charge is 0.298 e. The number of aromatic nitrogens is 4. The number of hydrogen-bond donors (Lipinski definition) is 0. The second-order valence-corrected chi connectivity index (χ2v) is 8.86. The summed E-state index contributed by atoms with van der Waals surface area (Å²) in [6, 6.07) is 9.61. The van der Waals surface area contributed by atoms with Crippen molar-refractivity contribution in [2.45, 2.75) is 64.1 Å². The first-order valence-electron chi connectivity index (χ1n) is 11.4. The van der Waals surface area contributed by atoms with Crippen LogP contribution in [0.3, 0.4) is 0 Å². The predicted molar refractivity (Wildman–Crippen MR) is 120 cm³/mol. The van der Waals surface area contributed by atoms with Gasteiger partial charge in [-0.05, 0) is 51.3 Å². The number of fused-ring (bicyclic) bond motifs is 1. The summed E-state index contributed by atoms with van der Waals surface area (Å²) in [6.45, 7) is 4.11. The summed E-state index contributed by atoms with van der Waals surface area (Å²) in [5, 5.41) is 0.708. The van der Waals surface area contributed by atoms with Gasteiger partial charge < -0.3 is 0 Å². The monoisotopic (exact) mass is 419 g/mol. The van der Waals surface area contributed by atoms with Gasteiger partial charge in [-0.2, -0.15) is 0 Å². The Balaban J connectivity index is 1.50. The summed E-state index contributed by atoms with van der Waals surface area (Å²) in [5.41, 5.74) is 1.59. The van der Waals surface area contributed by atoms with Crippen molar-refractivity contribution in [3.63, 3.8) is 0 Å². The zero-order valence-corrected chi connectivity index (χ0v) is 18.0. The molecule has 0 spiro atoms. The minimum atomic E-state index is -0.0186. The molecule has 1 aliphatic carbocycles. The zero-order chi connectivity index (χ0) is 21.4. The van der Waals surface area contributed by atoms with Gasteiger partial charge in [0.25, 0.3) is 11.1 Å². The van der Waals surface area contributed by atoms with Crippen molar-refractivity contribution >= 4 is 10.9 Å². The van der Waals surface area contributed by atoms with Crippen molar-refractivity contribution in [1.82, 2.24) is 24.0 Å². The first kappa shape index (κ1) is 20.1. The molecule has 5 rings (SSSR count). The quantitative estimate of drug-likeness (QED) is 0.635. The van der Waals surface area contributed by atoms with Crippen molar-refractivity contribution in [3.05, 3.63) is 68.9 Å². The minimum Gasteiger partial charge on any atom is -0.298 e. The van der Waals surface area contributed by atoms with Crippen LogP contribution in [-0.4, -0.2) is 37.1 Å². The Morgan fingerprint density at radius 1 is 1.03 bits per heavy atom. The highest BCUT2D eigenvalue weighted by Gasteiger charge is 2.32. The average Bonchev–Trinajstić information content (AvgIpc) is 3.45. The van der Waals surface area contributed by atoms with Crippen molar-refractivity contribution in [1.29, 1.82) is 0 Å². The van der Waals surface area contributed by atoms with Gasteiger partial charge in [0.2, 0.25) is 0 Å². The maximum atomic E-state index is 13.5. The van der Waals surface area contributed by atoms with E-state index in [0.29, 0.717) is 11.9 Å². The Labute approximate surface area is 181 Å². The standard InChI is InChI=1S/C24H29N5O2/c1-17-15-22(30)28(16-25-17)14-13-27-12-6-11-21(27)23-26-20-10-5-4-9-19(20)24(31)29(23)18-7-2-3-8-18/h4-5,9-10,15-16,18,21H,2-3,6-8,11-14H2,1H3. The Morgan fingerprint density at radius 3 is 2.65 bits per heavy atom. The van der Waals surface area contributed by atoms with Gasteiger partial charge in [-0.1, -0.05) is 25.0 Å². The van der Waals surface area contributed by atoms with Crippen LogP contribution in [0.2, 0.25) is 0 Å². The van der Waals surface area contributed by atoms with Crippen molar-refractivity contribution in [2.75, 3.05) is 13.1 Å². The molecule has 1 aliphatic heterocycles. The second kappa shape index (κ2) is 8.38. The highest BCUT2D eigenvalue weighted by atomic mass is 16.1. The molecule has 0 amide bonds. The van der Waals surface area contributed by atoms with E-state index in [0.717, 1.165) is 55.8 Å². The lowest BCUT2D eigenvalue weighted by Crippen LogP contribution is -2.36. The van der Waals surface area contributed by atoms with Crippen LogP contribution in [0.1, 0.15) is 62.1 Å². The van der Waals surface area contributed by atoms with E-state index >= 15 is 0 Å². The topological polar surface area (TPSA) is 73.0 Å². The molecule has 1 aromatic carbocycles. The van der Waals surface area contributed by atoms with Crippen molar-refractivity contribution < 1.29 is 0 Å². The highest BCUT2D eigenvalue weighted by molar-refractivity contribution is 5.77. The van der Waals surface area contributed by atoms with E-state index < -0.39 is 0 Å². The number of rotatable bonds is 5. The molecule has 0 radical (unpaired) electrons. The summed E-state index contributed by atoms with van der Waals surface area (Å²) in [5.74, 6) is 0.905. The smallest absolute Gasteiger partial charge is 0.261 e. The summed E-state index contributed by atoms with van der Waals surface area (Å²) in [7, 11) is 0. The molecule has 0 N–H and O–H groups in total. The molecule has 1 atom stereocenters. The number of likely N-dealkylation sites (tertiary alicyclic amines) is 1. The van der Waals surface area contributed by atoms with E-state index in [-0.39, 0.29) is 23.2 Å². The third kappa shape index (κ3) is 3.82. The van der Waals surface area contributed by atoms with Crippen LogP contribution in [0.15, 0.2) is 46.2 Å². The molecule has 7 heteroatoms. The first-order chi connectivity index (χ1) is 15.1. The van der Waals surface area contributed by atoms with E-state index in [1.807, 2.05) is 35.8 Å². The third-order valence-electron chi connectivity index (χ3n) is 6.83. The average molecular weight is 420 g/mol. The molecule has 0 bridgehead atoms. The molecule has 3 heterocycles. The highest BCUT2D eigenvalue weighted by Crippen LogP contribution is 2.35. The summed E-state index contributed by atoms with van der Waals surface area (Å²) < 4.78 is 3.68. The maximum Gasteiger partial charge on any atom is 0.261 e. The fourth-order valence-corrected chi connectivity index (χ4v) is 5.22. The van der Waals surface area contributed by atoms with Crippen LogP contribution < -0.4 is 11.1 Å². The zero-order valence-electron chi connectivity index (χ0n) is 18.0. The summed E-state index contributed by atoms with van der Waals surface area (Å²) in [6.07, 6.45) is 8.11. The van der Waals surface area contributed by atoms with Gasteiger partial charge in [0.15, 0.2) is 0 Å². The Bertz CT molecular complexity index is 1210. The molecule has 7 nitrogen and oxygen atoms in total. The van der Waals surface area contributed by atoms with E-state index in [9.17, 15) is 9.59 Å². The van der Waals surface area contributed by atoms with Crippen LogP contribution in [-0.2, 0) is 6.54 Å². The summed E-state index contributed by atoms with van der Waals surface area (Å²) in [4.78, 5) is 37.5. The normalized spacial score (nSPS) is 20.1. The molecular formula is C24H29N5O2. The Kier molecular flexibility index (Phi) is 5.44. The van der Waals surface area contributed by atoms with Gasteiger partial charge in [-0.15, -0.1) is 0 Å². The van der Waals surface area contributed by atoms with Crippen LogP contribution in [0.4, 0.5) is 0 Å². The second-order valence-electron chi connectivity index (χ2n) is 8.86. The number of nitrogens with zero attached hydrogens (tertiary/aromatic N) is 5. The maximum absolute atomic E-state index is 13.5. The van der Waals surface area contributed by atoms with Gasteiger partial charge in [0.1, 0.15) is 5.82 Å². The Morgan fingerprint density at radius 2 is 1.84 bits per heavy atom. The van der Waals surface area contributed by atoms with Gasteiger partial charge in [-0.25, -0.2) is 9.97 Å². The number of aryl methyl sites for hydroxylation is 1. The molecule has 2 aliphatic rings. The number of benzene rings is 1. The van der Waals surface area contributed by atoms with Crippen LogP contribution in [0, 0.1) is 6.92 Å². The van der Waals surface area contributed by atoms with E-state index in [4.69, 9.17) is 4.98 Å². The molecule has 3 aromatic rings. The van der Waals surface area contributed by atoms with Gasteiger partial charge in [0, 0.05) is 30.9 Å². The lowest BCUT2D eigenvalue weighted by molar-refractivity contribution is 0.227. The van der Waals surface area contributed by atoms with Gasteiger partial charge in [0.05, 0.1) is 23.3 Å². The lowest BCUT2D eigenvalue weighted by Gasteiger charge is -2.28. The first-order valence-corrected chi connectivity index (χ1v) is 11.4.